The van der Waals surface area contributed by atoms with Gasteiger partial charge in [-0.05, 0) is 25.7 Å². The lowest BCUT2D eigenvalue weighted by molar-refractivity contribution is -0.126. The van der Waals surface area contributed by atoms with Crippen molar-refractivity contribution >= 4 is 5.91 Å². The van der Waals surface area contributed by atoms with E-state index in [0.29, 0.717) is 0 Å². The first-order chi connectivity index (χ1) is 8.33. The molecule has 1 unspecified atom stereocenters. The number of amides is 1. The molecule has 0 heterocycles. The highest BCUT2D eigenvalue weighted by molar-refractivity contribution is 5.77. The van der Waals surface area contributed by atoms with Gasteiger partial charge in [0.2, 0.25) is 5.91 Å². The summed E-state index contributed by atoms with van der Waals surface area (Å²) < 4.78 is 5.53. The zero-order chi connectivity index (χ0) is 12.3. The monoisotopic (exact) mass is 237 g/mol. The Bertz CT molecular complexity index is 278. The van der Waals surface area contributed by atoms with Gasteiger partial charge in [0.25, 0.3) is 0 Å². The van der Waals surface area contributed by atoms with E-state index in [1.54, 1.807) is 0 Å². The predicted molar refractivity (Wildman–Crippen MR) is 68.5 cm³/mol. The van der Waals surface area contributed by atoms with Gasteiger partial charge in [0.1, 0.15) is 12.7 Å². The smallest absolute Gasteiger partial charge is 0.246 e. The van der Waals surface area contributed by atoms with Crippen LogP contribution in [0, 0.1) is 11.8 Å². The number of hydrogen-bond donors (Lipinski definition) is 1. The molecular weight excluding hydrogens is 214 g/mol. The molecule has 1 atom stereocenters. The normalized spacial score (nSPS) is 19.7. The molecule has 96 valence electrons. The van der Waals surface area contributed by atoms with Gasteiger partial charge in [-0.15, -0.1) is 5.92 Å². The lowest BCUT2D eigenvalue weighted by Gasteiger charge is -2.13. The molecule has 3 heteroatoms. The van der Waals surface area contributed by atoms with E-state index in [1.165, 1.54) is 12.8 Å². The largest absolute Gasteiger partial charge is 0.356 e. The summed E-state index contributed by atoms with van der Waals surface area (Å²) in [6.07, 6.45) is 7.54. The summed E-state index contributed by atoms with van der Waals surface area (Å²) in [4.78, 5) is 11.4. The second kappa shape index (κ2) is 9.07. The molecule has 0 fully saturated rings. The molecule has 3 nitrogen and oxygen atoms in total. The van der Waals surface area contributed by atoms with E-state index < -0.39 is 0 Å². The molecule has 0 saturated heterocycles. The van der Waals surface area contributed by atoms with Gasteiger partial charge < -0.3 is 10.1 Å². The fourth-order valence-corrected chi connectivity index (χ4v) is 1.73. The summed E-state index contributed by atoms with van der Waals surface area (Å²) in [6, 6.07) is 0. The first kappa shape index (κ1) is 14.1. The third kappa shape index (κ3) is 7.01. The van der Waals surface area contributed by atoms with Crippen LogP contribution in [0.2, 0.25) is 0 Å². The van der Waals surface area contributed by atoms with Crippen LogP contribution in [-0.4, -0.2) is 25.2 Å². The molecule has 0 spiro atoms. The Hall–Kier alpha value is -1.01. The maximum atomic E-state index is 11.4. The zero-order valence-corrected chi connectivity index (χ0v) is 10.8. The molecule has 0 aromatic heterocycles. The van der Waals surface area contributed by atoms with E-state index in [2.05, 4.69) is 24.1 Å². The first-order valence-electron chi connectivity index (χ1n) is 6.69. The predicted octanol–water partition coefficient (Wildman–Crippen LogP) is 2.26. The van der Waals surface area contributed by atoms with E-state index >= 15 is 0 Å². The maximum Gasteiger partial charge on any atom is 0.246 e. The fourth-order valence-electron chi connectivity index (χ4n) is 1.73. The van der Waals surface area contributed by atoms with Crippen molar-refractivity contribution in [3.05, 3.63) is 0 Å². The van der Waals surface area contributed by atoms with Crippen LogP contribution in [0.4, 0.5) is 0 Å². The number of hydrogen-bond acceptors (Lipinski definition) is 2. The maximum absolute atomic E-state index is 11.4. The summed E-state index contributed by atoms with van der Waals surface area (Å²) in [5, 5.41) is 2.84. The van der Waals surface area contributed by atoms with Crippen molar-refractivity contribution in [2.75, 3.05) is 13.2 Å². The molecule has 0 radical (unpaired) electrons. The second-order valence-electron chi connectivity index (χ2n) is 4.42. The molecule has 1 aliphatic rings. The number of unbranched alkanes of at least 4 members (excludes halogenated alkanes) is 1. The average Bonchev–Trinajstić information content (AvgIpc) is 2.28. The molecule has 17 heavy (non-hydrogen) atoms. The number of carbonyl (C=O) groups excluding carboxylic acids is 1. The highest BCUT2D eigenvalue weighted by atomic mass is 16.5. The average molecular weight is 237 g/mol. The van der Waals surface area contributed by atoms with Crippen molar-refractivity contribution in [1.82, 2.24) is 5.32 Å². The van der Waals surface area contributed by atoms with Crippen molar-refractivity contribution in [3.63, 3.8) is 0 Å². The number of rotatable bonds is 6. The highest BCUT2D eigenvalue weighted by Gasteiger charge is 2.09. The molecule has 0 aromatic rings. The molecular formula is C14H23NO2. The van der Waals surface area contributed by atoms with Gasteiger partial charge >= 0.3 is 0 Å². The van der Waals surface area contributed by atoms with Gasteiger partial charge in [0, 0.05) is 13.0 Å². The van der Waals surface area contributed by atoms with E-state index in [4.69, 9.17) is 4.74 Å². The molecule has 0 aliphatic heterocycles. The second-order valence-corrected chi connectivity index (χ2v) is 4.42. The van der Waals surface area contributed by atoms with Crippen LogP contribution in [0.5, 0.6) is 0 Å². The van der Waals surface area contributed by atoms with Crippen LogP contribution in [-0.2, 0) is 9.53 Å². The van der Waals surface area contributed by atoms with E-state index in [-0.39, 0.29) is 18.6 Å². The van der Waals surface area contributed by atoms with E-state index in [9.17, 15) is 4.79 Å². The molecule has 1 rings (SSSR count). The lowest BCUT2D eigenvalue weighted by atomic mass is 10.1. The Balaban J connectivity index is 2.17. The Morgan fingerprint density at radius 3 is 3.12 bits per heavy atom. The van der Waals surface area contributed by atoms with Crippen LogP contribution >= 0.6 is 0 Å². The number of nitrogens with one attached hydrogen (secondary N) is 1. The van der Waals surface area contributed by atoms with Crippen molar-refractivity contribution in [1.29, 1.82) is 0 Å². The van der Waals surface area contributed by atoms with Crippen LogP contribution in [0.25, 0.3) is 0 Å². The molecule has 1 N–H and O–H groups in total. The molecule has 1 amide bonds. The van der Waals surface area contributed by atoms with Crippen molar-refractivity contribution in [3.8, 4) is 11.8 Å². The van der Waals surface area contributed by atoms with Gasteiger partial charge in [0.15, 0.2) is 0 Å². The van der Waals surface area contributed by atoms with E-state index in [1.807, 2.05) is 0 Å². The number of ether oxygens (including phenoxy) is 1. The Morgan fingerprint density at radius 1 is 1.41 bits per heavy atom. The van der Waals surface area contributed by atoms with Crippen LogP contribution < -0.4 is 5.32 Å². The van der Waals surface area contributed by atoms with Gasteiger partial charge in [-0.1, -0.05) is 25.7 Å². The van der Waals surface area contributed by atoms with Gasteiger partial charge in [-0.25, -0.2) is 0 Å². The molecule has 0 bridgehead atoms. The topological polar surface area (TPSA) is 38.3 Å². The summed E-state index contributed by atoms with van der Waals surface area (Å²) >= 11 is 0. The van der Waals surface area contributed by atoms with Gasteiger partial charge in [-0.2, -0.15) is 0 Å². The minimum Gasteiger partial charge on any atom is -0.356 e. The lowest BCUT2D eigenvalue weighted by Crippen LogP contribution is -2.30. The molecule has 0 aromatic carbocycles. The minimum absolute atomic E-state index is 0.0256. The summed E-state index contributed by atoms with van der Waals surface area (Å²) in [5.41, 5.74) is 0. The van der Waals surface area contributed by atoms with Crippen LogP contribution in [0.15, 0.2) is 0 Å². The molecule has 1 aliphatic carbocycles. The fraction of sp³-hybridized carbons (Fsp3) is 0.786. The first-order valence-corrected chi connectivity index (χ1v) is 6.69. The minimum atomic E-state index is -0.0489. The SMILES string of the molecule is CCCCNC(=O)COC1C#CCCCCC1. The van der Waals surface area contributed by atoms with Crippen LogP contribution in [0.1, 0.15) is 51.9 Å². The van der Waals surface area contributed by atoms with Crippen LogP contribution in [0.3, 0.4) is 0 Å². The summed E-state index contributed by atoms with van der Waals surface area (Å²) in [6.45, 7) is 2.99. The third-order valence-electron chi connectivity index (χ3n) is 2.80. The van der Waals surface area contributed by atoms with Crippen molar-refractivity contribution < 1.29 is 9.53 Å². The van der Waals surface area contributed by atoms with E-state index in [0.717, 1.165) is 38.6 Å². The summed E-state index contributed by atoms with van der Waals surface area (Å²) in [5.74, 6) is 6.17. The van der Waals surface area contributed by atoms with Crippen molar-refractivity contribution in [2.24, 2.45) is 0 Å². The van der Waals surface area contributed by atoms with Gasteiger partial charge in [0.05, 0.1) is 0 Å². The standard InChI is InChI=1S/C14H23NO2/c1-2-3-11-15-14(16)12-17-13-9-7-5-4-6-8-10-13/h13H,2-7,9,11-12H2,1H3,(H,15,16). The zero-order valence-electron chi connectivity index (χ0n) is 10.8. The Kier molecular flexibility index (Phi) is 7.49. The quantitative estimate of drug-likeness (QED) is 0.568. The Labute approximate surface area is 104 Å². The van der Waals surface area contributed by atoms with Gasteiger partial charge in [-0.3, -0.25) is 4.79 Å². The van der Waals surface area contributed by atoms with Crippen molar-refractivity contribution in [2.45, 2.75) is 58.0 Å². The highest BCUT2D eigenvalue weighted by Crippen LogP contribution is 2.10. The number of carbonyl (C=O) groups is 1. The third-order valence-corrected chi connectivity index (χ3v) is 2.80. The Morgan fingerprint density at radius 2 is 2.29 bits per heavy atom. The summed E-state index contributed by atoms with van der Waals surface area (Å²) in [7, 11) is 0. The molecule has 0 saturated carbocycles.